The van der Waals surface area contributed by atoms with Crippen LogP contribution in [0.1, 0.15) is 10.4 Å². The number of thioether (sulfide) groups is 1. The molecule has 1 heterocycles. The smallest absolute Gasteiger partial charge is 0.283 e. The van der Waals surface area contributed by atoms with Crippen molar-refractivity contribution in [2.45, 2.75) is 4.90 Å². The van der Waals surface area contributed by atoms with Gasteiger partial charge in [0.25, 0.3) is 5.69 Å². The first-order valence-electron chi connectivity index (χ1n) is 6.92. The highest BCUT2D eigenvalue weighted by atomic mass is 32.2. The number of carbonyl (C=O) groups is 2. The summed E-state index contributed by atoms with van der Waals surface area (Å²) in [4.78, 5) is 37.9. The topological polar surface area (TPSA) is 137 Å². The van der Waals surface area contributed by atoms with Crippen molar-refractivity contribution in [1.29, 1.82) is 0 Å². The van der Waals surface area contributed by atoms with Gasteiger partial charge in [-0.25, -0.2) is 4.98 Å². The summed E-state index contributed by atoms with van der Waals surface area (Å²) in [5.74, 6) is -0.960. The Balaban J connectivity index is 2.09. The zero-order chi connectivity index (χ0) is 18.4. The number of nitrogens with one attached hydrogen (secondary N) is 1. The van der Waals surface area contributed by atoms with E-state index in [1.807, 2.05) is 0 Å². The summed E-state index contributed by atoms with van der Waals surface area (Å²) < 4.78 is 5.03. The number of aromatic nitrogens is 1. The van der Waals surface area contributed by atoms with Crippen molar-refractivity contribution < 1.29 is 19.2 Å². The largest absolute Gasteiger partial charge is 0.480 e. The third-order valence-corrected chi connectivity index (χ3v) is 4.10. The fourth-order valence-corrected chi connectivity index (χ4v) is 2.72. The van der Waals surface area contributed by atoms with Gasteiger partial charge in [-0.3, -0.25) is 19.7 Å². The van der Waals surface area contributed by atoms with E-state index in [-0.39, 0.29) is 33.7 Å². The molecule has 0 saturated heterocycles. The van der Waals surface area contributed by atoms with Crippen molar-refractivity contribution >= 4 is 35.0 Å². The molecule has 0 saturated carbocycles. The molecule has 3 N–H and O–H groups in total. The molecule has 2 aromatic rings. The molecule has 25 heavy (non-hydrogen) atoms. The Bertz CT molecular complexity index is 827. The molecule has 9 nitrogen and oxygen atoms in total. The minimum Gasteiger partial charge on any atom is -0.480 e. The minimum atomic E-state index is -0.763. The quantitative estimate of drug-likeness (QED) is 0.435. The monoisotopic (exact) mass is 362 g/mol. The molecule has 2 rings (SSSR count). The van der Waals surface area contributed by atoms with E-state index in [4.69, 9.17) is 10.5 Å². The van der Waals surface area contributed by atoms with Crippen LogP contribution in [0.25, 0.3) is 0 Å². The zero-order valence-corrected chi connectivity index (χ0v) is 13.9. The number of nitrogens with zero attached hydrogens (tertiary/aromatic N) is 2. The van der Waals surface area contributed by atoms with Crippen LogP contribution in [0.4, 0.5) is 11.4 Å². The number of amides is 2. The second-order valence-corrected chi connectivity index (χ2v) is 5.72. The first-order valence-corrected chi connectivity index (χ1v) is 7.91. The third-order valence-electron chi connectivity index (χ3n) is 3.04. The van der Waals surface area contributed by atoms with Crippen molar-refractivity contribution in [2.75, 3.05) is 18.2 Å². The van der Waals surface area contributed by atoms with E-state index < -0.39 is 10.8 Å². The molecule has 0 atom stereocenters. The lowest BCUT2D eigenvalue weighted by Gasteiger charge is -2.09. The number of pyridine rings is 1. The van der Waals surface area contributed by atoms with Crippen molar-refractivity contribution in [1.82, 2.24) is 4.98 Å². The second kappa shape index (κ2) is 8.11. The molecule has 130 valence electrons. The van der Waals surface area contributed by atoms with Crippen LogP contribution in [-0.4, -0.2) is 34.6 Å². The van der Waals surface area contributed by atoms with Gasteiger partial charge in [0.2, 0.25) is 17.7 Å². The molecule has 1 aromatic carbocycles. The Kier molecular flexibility index (Phi) is 5.90. The molecule has 0 aliphatic carbocycles. The van der Waals surface area contributed by atoms with E-state index in [0.717, 1.165) is 17.8 Å². The normalized spacial score (nSPS) is 10.1. The van der Waals surface area contributed by atoms with Gasteiger partial charge in [0.1, 0.15) is 5.69 Å². The summed E-state index contributed by atoms with van der Waals surface area (Å²) in [5.41, 5.74) is 5.26. The number of rotatable bonds is 7. The number of nitro groups is 1. The van der Waals surface area contributed by atoms with Gasteiger partial charge in [-0.15, -0.1) is 11.8 Å². The average molecular weight is 362 g/mol. The van der Waals surface area contributed by atoms with E-state index >= 15 is 0 Å². The number of carbonyl (C=O) groups excluding carboxylic acids is 2. The number of ether oxygens (including phenoxy) is 1. The summed E-state index contributed by atoms with van der Waals surface area (Å²) >= 11 is 0.970. The predicted octanol–water partition coefficient (Wildman–Crippen LogP) is 1.83. The highest BCUT2D eigenvalue weighted by Gasteiger charge is 2.18. The lowest BCUT2D eigenvalue weighted by molar-refractivity contribution is -0.387. The van der Waals surface area contributed by atoms with Gasteiger partial charge >= 0.3 is 0 Å². The van der Waals surface area contributed by atoms with Crippen LogP contribution >= 0.6 is 11.8 Å². The number of hydrogen-bond acceptors (Lipinski definition) is 7. The molecule has 0 aliphatic rings. The summed E-state index contributed by atoms with van der Waals surface area (Å²) in [7, 11) is 1.43. The molecule has 2 amide bonds. The van der Waals surface area contributed by atoms with Gasteiger partial charge in [-0.05, 0) is 24.3 Å². The molecule has 0 fully saturated rings. The third kappa shape index (κ3) is 4.67. The number of nitrogens with two attached hydrogens (primary N) is 1. The van der Waals surface area contributed by atoms with Gasteiger partial charge in [0.15, 0.2) is 0 Å². The van der Waals surface area contributed by atoms with Gasteiger partial charge in [0, 0.05) is 17.8 Å². The van der Waals surface area contributed by atoms with Crippen LogP contribution in [0.3, 0.4) is 0 Å². The SMILES string of the molecule is COc1ncccc1NC(=O)CSc1ccc(C(N)=O)cc1[N+](=O)[O-]. The summed E-state index contributed by atoms with van der Waals surface area (Å²) in [6, 6.07) is 7.12. The molecule has 0 aliphatic heterocycles. The Morgan fingerprint density at radius 3 is 2.80 bits per heavy atom. The van der Waals surface area contributed by atoms with Crippen LogP contribution in [0.15, 0.2) is 41.4 Å². The summed E-state index contributed by atoms with van der Waals surface area (Å²) in [5, 5.41) is 13.7. The van der Waals surface area contributed by atoms with Crippen molar-refractivity contribution in [3.63, 3.8) is 0 Å². The molecule has 0 bridgehead atoms. The van der Waals surface area contributed by atoms with E-state index in [9.17, 15) is 19.7 Å². The van der Waals surface area contributed by atoms with Crippen molar-refractivity contribution in [3.05, 3.63) is 52.2 Å². The Morgan fingerprint density at radius 1 is 1.40 bits per heavy atom. The first kappa shape index (κ1) is 18.2. The standard InChI is InChI=1S/C15H14N4O5S/c1-24-15-10(3-2-6-17-15)18-13(20)8-25-12-5-4-9(14(16)21)7-11(12)19(22)23/h2-7H,8H2,1H3,(H2,16,21)(H,18,20). The maximum Gasteiger partial charge on any atom is 0.283 e. The summed E-state index contributed by atoms with van der Waals surface area (Å²) in [6.45, 7) is 0. The fraction of sp³-hybridized carbons (Fsp3) is 0.133. The zero-order valence-electron chi connectivity index (χ0n) is 13.1. The van der Waals surface area contributed by atoms with E-state index in [0.29, 0.717) is 5.69 Å². The van der Waals surface area contributed by atoms with Gasteiger partial charge in [-0.1, -0.05) is 0 Å². The number of primary amides is 1. The number of benzene rings is 1. The minimum absolute atomic E-state index is 0.0283. The molecule has 0 spiro atoms. The fourth-order valence-electron chi connectivity index (χ4n) is 1.91. The number of anilines is 1. The van der Waals surface area contributed by atoms with Crippen LogP contribution in [0.5, 0.6) is 5.88 Å². The predicted molar refractivity (Wildman–Crippen MR) is 91.8 cm³/mol. The van der Waals surface area contributed by atoms with Crippen LogP contribution in [-0.2, 0) is 4.79 Å². The number of hydrogen-bond donors (Lipinski definition) is 2. The summed E-state index contributed by atoms with van der Waals surface area (Å²) in [6.07, 6.45) is 1.52. The second-order valence-electron chi connectivity index (χ2n) is 4.70. The molecule has 10 heteroatoms. The number of methoxy groups -OCH3 is 1. The van der Waals surface area contributed by atoms with E-state index in [1.165, 1.54) is 25.4 Å². The molecule has 0 unspecified atom stereocenters. The number of nitro benzene ring substituents is 1. The van der Waals surface area contributed by atoms with Gasteiger partial charge in [0.05, 0.1) is 22.7 Å². The van der Waals surface area contributed by atoms with Crippen LogP contribution in [0, 0.1) is 10.1 Å². The van der Waals surface area contributed by atoms with E-state index in [2.05, 4.69) is 10.3 Å². The molecular weight excluding hydrogens is 348 g/mol. The van der Waals surface area contributed by atoms with Crippen molar-refractivity contribution in [3.8, 4) is 5.88 Å². The van der Waals surface area contributed by atoms with Crippen molar-refractivity contribution in [2.24, 2.45) is 5.73 Å². The molecular formula is C15H14N4O5S. The molecule has 1 aromatic heterocycles. The van der Waals surface area contributed by atoms with Crippen LogP contribution < -0.4 is 15.8 Å². The first-order chi connectivity index (χ1) is 11.9. The lowest BCUT2D eigenvalue weighted by Crippen LogP contribution is -2.15. The van der Waals surface area contributed by atoms with E-state index in [1.54, 1.807) is 12.1 Å². The average Bonchev–Trinajstić information content (AvgIpc) is 2.60. The Morgan fingerprint density at radius 2 is 2.16 bits per heavy atom. The van der Waals surface area contributed by atoms with Gasteiger partial charge < -0.3 is 15.8 Å². The maximum atomic E-state index is 12.1. The van der Waals surface area contributed by atoms with Gasteiger partial charge in [-0.2, -0.15) is 0 Å². The molecule has 0 radical (unpaired) electrons. The lowest BCUT2D eigenvalue weighted by atomic mass is 10.2. The maximum absolute atomic E-state index is 12.1. The Hall–Kier alpha value is -3.14. The highest BCUT2D eigenvalue weighted by Crippen LogP contribution is 2.30. The highest BCUT2D eigenvalue weighted by molar-refractivity contribution is 8.00. The van der Waals surface area contributed by atoms with Crippen LogP contribution in [0.2, 0.25) is 0 Å². The Labute approximate surface area is 146 Å².